The van der Waals surface area contributed by atoms with Gasteiger partial charge >= 0.3 is 0 Å². The number of pyridine rings is 1. The molecule has 3 heterocycles. The lowest BCUT2D eigenvalue weighted by Crippen LogP contribution is -2.57. The molecule has 0 aromatic carbocycles. The molecule has 5 heteroatoms. The van der Waals surface area contributed by atoms with Gasteiger partial charge in [-0.3, -0.25) is 9.78 Å². The second-order valence-corrected chi connectivity index (χ2v) is 4.73. The number of likely N-dealkylation sites (tertiary alicyclic amines) is 1. The van der Waals surface area contributed by atoms with Crippen LogP contribution in [0, 0.1) is 5.92 Å². The first-order valence-electron chi connectivity index (χ1n) is 6.26. The van der Waals surface area contributed by atoms with Gasteiger partial charge in [-0.25, -0.2) is 0 Å². The van der Waals surface area contributed by atoms with Gasteiger partial charge in [-0.2, -0.15) is 0 Å². The van der Waals surface area contributed by atoms with Gasteiger partial charge in [0.1, 0.15) is 11.9 Å². The number of hydrogen-bond acceptors (Lipinski definition) is 4. The fourth-order valence-corrected chi connectivity index (χ4v) is 2.29. The van der Waals surface area contributed by atoms with Crippen molar-refractivity contribution in [2.75, 3.05) is 26.3 Å². The summed E-state index contributed by atoms with van der Waals surface area (Å²) in [6.07, 6.45) is 4.36. The Hall–Kier alpha value is -1.62. The van der Waals surface area contributed by atoms with Crippen molar-refractivity contribution < 1.29 is 14.3 Å². The summed E-state index contributed by atoms with van der Waals surface area (Å²) in [7, 11) is 0. The molecular weight excluding hydrogens is 232 g/mol. The Bertz CT molecular complexity index is 412. The van der Waals surface area contributed by atoms with E-state index in [1.165, 1.54) is 0 Å². The molecule has 1 aromatic heterocycles. The van der Waals surface area contributed by atoms with Gasteiger partial charge in [-0.05, 0) is 18.6 Å². The highest BCUT2D eigenvalue weighted by atomic mass is 16.5. The average molecular weight is 248 g/mol. The molecule has 18 heavy (non-hydrogen) atoms. The van der Waals surface area contributed by atoms with Gasteiger partial charge < -0.3 is 14.4 Å². The van der Waals surface area contributed by atoms with Gasteiger partial charge in [0.15, 0.2) is 0 Å². The smallest absolute Gasteiger partial charge is 0.228 e. The molecule has 2 aliphatic rings. The van der Waals surface area contributed by atoms with Crippen LogP contribution in [0.5, 0.6) is 5.75 Å². The summed E-state index contributed by atoms with van der Waals surface area (Å²) in [5.74, 6) is 1.08. The normalized spacial score (nSPS) is 23.8. The van der Waals surface area contributed by atoms with E-state index in [0.717, 1.165) is 12.2 Å². The van der Waals surface area contributed by atoms with Crippen LogP contribution in [0.25, 0.3) is 0 Å². The standard InChI is InChI=1S/C13H16N2O3/c16-13(10-3-6-17-9-10)15-7-12(8-15)18-11-1-4-14-5-2-11/h1-2,4-5,10,12H,3,6-9H2. The van der Waals surface area contributed by atoms with Crippen molar-refractivity contribution in [1.29, 1.82) is 0 Å². The van der Waals surface area contributed by atoms with E-state index < -0.39 is 0 Å². The quantitative estimate of drug-likeness (QED) is 0.790. The lowest BCUT2D eigenvalue weighted by atomic mass is 10.0. The van der Waals surface area contributed by atoms with Crippen molar-refractivity contribution in [3.8, 4) is 5.75 Å². The van der Waals surface area contributed by atoms with E-state index in [-0.39, 0.29) is 17.9 Å². The van der Waals surface area contributed by atoms with Gasteiger partial charge in [-0.1, -0.05) is 0 Å². The molecule has 1 amide bonds. The Kier molecular flexibility index (Phi) is 3.15. The van der Waals surface area contributed by atoms with Crippen LogP contribution in [-0.4, -0.2) is 48.2 Å². The maximum absolute atomic E-state index is 12.0. The SMILES string of the molecule is O=C(C1CCOC1)N1CC(Oc2ccncc2)C1. The van der Waals surface area contributed by atoms with Crippen molar-refractivity contribution >= 4 is 5.91 Å². The van der Waals surface area contributed by atoms with E-state index in [4.69, 9.17) is 9.47 Å². The molecule has 0 saturated carbocycles. The van der Waals surface area contributed by atoms with E-state index in [2.05, 4.69) is 4.98 Å². The van der Waals surface area contributed by atoms with Crippen molar-refractivity contribution in [3.63, 3.8) is 0 Å². The number of nitrogens with zero attached hydrogens (tertiary/aromatic N) is 2. The average Bonchev–Trinajstić information content (AvgIpc) is 2.87. The largest absolute Gasteiger partial charge is 0.487 e. The third kappa shape index (κ3) is 2.31. The predicted octanol–water partition coefficient (Wildman–Crippen LogP) is 0.708. The van der Waals surface area contributed by atoms with Crippen LogP contribution in [0.2, 0.25) is 0 Å². The second kappa shape index (κ2) is 4.94. The van der Waals surface area contributed by atoms with Crippen LogP contribution >= 0.6 is 0 Å². The summed E-state index contributed by atoms with van der Waals surface area (Å²) in [5, 5.41) is 0. The van der Waals surface area contributed by atoms with Crippen LogP contribution in [-0.2, 0) is 9.53 Å². The first kappa shape index (κ1) is 11.5. The molecule has 0 aliphatic carbocycles. The maximum atomic E-state index is 12.0. The minimum atomic E-state index is 0.0619. The lowest BCUT2D eigenvalue weighted by Gasteiger charge is -2.40. The third-order valence-electron chi connectivity index (χ3n) is 3.39. The molecule has 0 bridgehead atoms. The van der Waals surface area contributed by atoms with E-state index in [1.807, 2.05) is 17.0 Å². The van der Waals surface area contributed by atoms with Gasteiger partial charge in [0.25, 0.3) is 0 Å². The highest BCUT2D eigenvalue weighted by Gasteiger charge is 2.36. The van der Waals surface area contributed by atoms with Crippen molar-refractivity contribution in [1.82, 2.24) is 9.88 Å². The molecule has 1 atom stereocenters. The summed E-state index contributed by atoms with van der Waals surface area (Å²) < 4.78 is 11.0. The molecular formula is C13H16N2O3. The Morgan fingerprint density at radius 1 is 1.39 bits per heavy atom. The first-order chi connectivity index (χ1) is 8.83. The number of carbonyl (C=O) groups is 1. The summed E-state index contributed by atoms with van der Waals surface area (Å²) in [4.78, 5) is 17.8. The zero-order valence-electron chi connectivity index (χ0n) is 10.1. The minimum absolute atomic E-state index is 0.0619. The summed E-state index contributed by atoms with van der Waals surface area (Å²) in [6.45, 7) is 2.64. The van der Waals surface area contributed by atoms with Crippen LogP contribution in [0.4, 0.5) is 0 Å². The van der Waals surface area contributed by atoms with Crippen LogP contribution in [0.3, 0.4) is 0 Å². The number of aromatic nitrogens is 1. The summed E-state index contributed by atoms with van der Waals surface area (Å²) >= 11 is 0. The van der Waals surface area contributed by atoms with Gasteiger partial charge in [-0.15, -0.1) is 0 Å². The van der Waals surface area contributed by atoms with Crippen LogP contribution in [0.1, 0.15) is 6.42 Å². The number of carbonyl (C=O) groups excluding carboxylic acids is 1. The topological polar surface area (TPSA) is 51.7 Å². The molecule has 2 fully saturated rings. The highest BCUT2D eigenvalue weighted by molar-refractivity contribution is 5.80. The minimum Gasteiger partial charge on any atom is -0.487 e. The number of rotatable bonds is 3. The monoisotopic (exact) mass is 248 g/mol. The van der Waals surface area contributed by atoms with Crippen molar-refractivity contribution in [2.24, 2.45) is 5.92 Å². The first-order valence-corrected chi connectivity index (χ1v) is 6.26. The molecule has 0 spiro atoms. The van der Waals surface area contributed by atoms with E-state index in [0.29, 0.717) is 26.3 Å². The molecule has 96 valence electrons. The zero-order valence-corrected chi connectivity index (χ0v) is 10.1. The number of hydrogen-bond donors (Lipinski definition) is 0. The molecule has 5 nitrogen and oxygen atoms in total. The zero-order chi connectivity index (χ0) is 12.4. The van der Waals surface area contributed by atoms with Gasteiger partial charge in [0.05, 0.1) is 25.6 Å². The molecule has 3 rings (SSSR count). The molecule has 2 aliphatic heterocycles. The Morgan fingerprint density at radius 3 is 2.83 bits per heavy atom. The van der Waals surface area contributed by atoms with E-state index in [9.17, 15) is 4.79 Å². The Balaban J connectivity index is 1.47. The van der Waals surface area contributed by atoms with E-state index >= 15 is 0 Å². The fraction of sp³-hybridized carbons (Fsp3) is 0.538. The number of amides is 1. The lowest BCUT2D eigenvalue weighted by molar-refractivity contribution is -0.144. The Morgan fingerprint density at radius 2 is 2.17 bits per heavy atom. The van der Waals surface area contributed by atoms with Gasteiger partial charge in [0.2, 0.25) is 5.91 Å². The molecule has 1 unspecified atom stereocenters. The van der Waals surface area contributed by atoms with E-state index in [1.54, 1.807) is 12.4 Å². The Labute approximate surface area is 106 Å². The summed E-state index contributed by atoms with van der Waals surface area (Å²) in [5.41, 5.74) is 0. The second-order valence-electron chi connectivity index (χ2n) is 4.73. The van der Waals surface area contributed by atoms with Crippen LogP contribution in [0.15, 0.2) is 24.5 Å². The predicted molar refractivity (Wildman–Crippen MR) is 64.2 cm³/mol. The molecule has 1 aromatic rings. The number of ether oxygens (including phenoxy) is 2. The molecule has 2 saturated heterocycles. The fourth-order valence-electron chi connectivity index (χ4n) is 2.29. The van der Waals surface area contributed by atoms with Gasteiger partial charge in [0, 0.05) is 19.0 Å². The molecule has 0 N–H and O–H groups in total. The summed E-state index contributed by atoms with van der Waals surface area (Å²) in [6, 6.07) is 3.66. The van der Waals surface area contributed by atoms with Crippen molar-refractivity contribution in [2.45, 2.75) is 12.5 Å². The van der Waals surface area contributed by atoms with Crippen LogP contribution < -0.4 is 4.74 Å². The molecule has 0 radical (unpaired) electrons. The van der Waals surface area contributed by atoms with Crippen molar-refractivity contribution in [3.05, 3.63) is 24.5 Å². The third-order valence-corrected chi connectivity index (χ3v) is 3.39. The maximum Gasteiger partial charge on any atom is 0.228 e. The highest BCUT2D eigenvalue weighted by Crippen LogP contribution is 2.22.